The third-order valence-corrected chi connectivity index (χ3v) is 6.02. The predicted molar refractivity (Wildman–Crippen MR) is 138 cm³/mol. The van der Waals surface area contributed by atoms with Crippen molar-refractivity contribution in [2.75, 3.05) is 11.9 Å². The fourth-order valence-corrected chi connectivity index (χ4v) is 4.25. The van der Waals surface area contributed by atoms with Crippen LogP contribution < -0.4 is 20.1 Å². The molecule has 0 fully saturated rings. The van der Waals surface area contributed by atoms with Crippen LogP contribution in [0.5, 0.6) is 11.5 Å². The number of anilines is 1. The molecule has 0 spiro atoms. The molecule has 5 rings (SSSR count). The van der Waals surface area contributed by atoms with Crippen LogP contribution in [0.25, 0.3) is 0 Å². The molecule has 176 valence electrons. The van der Waals surface area contributed by atoms with Crippen molar-refractivity contribution in [1.29, 1.82) is 0 Å². The van der Waals surface area contributed by atoms with E-state index >= 15 is 0 Å². The van der Waals surface area contributed by atoms with Crippen LogP contribution in [0, 0.1) is 0 Å². The second-order valence-electron chi connectivity index (χ2n) is 8.57. The van der Waals surface area contributed by atoms with E-state index in [2.05, 4.69) is 16.7 Å². The van der Waals surface area contributed by atoms with Crippen molar-refractivity contribution < 1.29 is 14.3 Å². The van der Waals surface area contributed by atoms with Gasteiger partial charge in [-0.05, 0) is 28.7 Å². The molecule has 0 radical (unpaired) electrons. The minimum atomic E-state index is -0.400. The van der Waals surface area contributed by atoms with Crippen LogP contribution in [-0.2, 0) is 24.4 Å². The van der Waals surface area contributed by atoms with Crippen LogP contribution in [0.15, 0.2) is 103 Å². The molecule has 1 aliphatic heterocycles. The van der Waals surface area contributed by atoms with Gasteiger partial charge < -0.3 is 20.1 Å². The molecule has 1 heterocycles. The topological polar surface area (TPSA) is 59.6 Å². The normalized spacial score (nSPS) is 14.6. The van der Waals surface area contributed by atoms with Crippen molar-refractivity contribution in [3.8, 4) is 11.5 Å². The third-order valence-electron chi connectivity index (χ3n) is 6.02. The van der Waals surface area contributed by atoms with Gasteiger partial charge in [-0.1, -0.05) is 84.9 Å². The fourth-order valence-electron chi connectivity index (χ4n) is 4.25. The van der Waals surface area contributed by atoms with Crippen LogP contribution >= 0.6 is 0 Å². The largest absolute Gasteiger partial charge is 0.489 e. The lowest BCUT2D eigenvalue weighted by Crippen LogP contribution is -2.38. The number of amides is 1. The highest BCUT2D eigenvalue weighted by molar-refractivity contribution is 5.96. The van der Waals surface area contributed by atoms with E-state index in [9.17, 15) is 4.79 Å². The minimum Gasteiger partial charge on any atom is -0.489 e. The van der Waals surface area contributed by atoms with E-state index in [0.29, 0.717) is 30.4 Å². The summed E-state index contributed by atoms with van der Waals surface area (Å²) in [6, 6.07) is 33.2. The minimum absolute atomic E-state index is 0.105. The number of hydrogen-bond acceptors (Lipinski definition) is 4. The van der Waals surface area contributed by atoms with Crippen LogP contribution in [0.1, 0.15) is 28.3 Å². The summed E-state index contributed by atoms with van der Waals surface area (Å²) in [6.45, 7) is 1.61. The number of fused-ring (bicyclic) bond motifs is 1. The average molecular weight is 465 g/mol. The highest BCUT2D eigenvalue weighted by Gasteiger charge is 2.26. The number of carbonyl (C=O) groups is 1. The van der Waals surface area contributed by atoms with Crippen molar-refractivity contribution in [2.45, 2.75) is 25.7 Å². The standard InChI is InChI=1S/C30H28N2O3/c33-30(29-28-14-8-7-13-24(28)15-16-31-29)32-25-17-26(34-20-22-9-3-1-4-10-22)19-27(18-25)35-21-23-11-5-2-6-12-23/h1-14,17-19,29,31H,15-16,20-21H2,(H,32,33). The van der Waals surface area contributed by atoms with E-state index in [1.807, 2.05) is 97.1 Å². The van der Waals surface area contributed by atoms with Gasteiger partial charge in [-0.15, -0.1) is 0 Å². The van der Waals surface area contributed by atoms with Gasteiger partial charge in [0.15, 0.2) is 0 Å². The van der Waals surface area contributed by atoms with Crippen LogP contribution in [0.2, 0.25) is 0 Å². The molecule has 35 heavy (non-hydrogen) atoms. The lowest BCUT2D eigenvalue weighted by molar-refractivity contribution is -0.118. The lowest BCUT2D eigenvalue weighted by atomic mass is 9.94. The highest BCUT2D eigenvalue weighted by Crippen LogP contribution is 2.30. The molecule has 5 nitrogen and oxygen atoms in total. The summed E-state index contributed by atoms with van der Waals surface area (Å²) in [5, 5.41) is 6.41. The van der Waals surface area contributed by atoms with Crippen LogP contribution in [0.4, 0.5) is 5.69 Å². The number of rotatable bonds is 8. The molecule has 0 saturated carbocycles. The lowest BCUT2D eigenvalue weighted by Gasteiger charge is -2.26. The molecule has 0 bridgehead atoms. The van der Waals surface area contributed by atoms with Gasteiger partial charge in [0.1, 0.15) is 30.8 Å². The second kappa shape index (κ2) is 10.9. The summed E-state index contributed by atoms with van der Waals surface area (Å²) >= 11 is 0. The molecule has 0 saturated heterocycles. The summed E-state index contributed by atoms with van der Waals surface area (Å²) in [7, 11) is 0. The van der Waals surface area contributed by atoms with Gasteiger partial charge in [0.25, 0.3) is 0 Å². The zero-order valence-corrected chi connectivity index (χ0v) is 19.4. The molecule has 0 aromatic heterocycles. The Morgan fingerprint density at radius 3 is 1.97 bits per heavy atom. The Labute approximate surface area is 205 Å². The van der Waals surface area contributed by atoms with E-state index in [1.54, 1.807) is 0 Å². The van der Waals surface area contributed by atoms with Crippen molar-refractivity contribution in [3.63, 3.8) is 0 Å². The van der Waals surface area contributed by atoms with Crippen LogP contribution in [0.3, 0.4) is 0 Å². The number of ether oxygens (including phenoxy) is 2. The SMILES string of the molecule is O=C(Nc1cc(OCc2ccccc2)cc(OCc2ccccc2)c1)C1NCCc2ccccc21. The first-order chi connectivity index (χ1) is 17.2. The van der Waals surface area contributed by atoms with E-state index in [0.717, 1.165) is 29.7 Å². The summed E-state index contributed by atoms with van der Waals surface area (Å²) in [6.07, 6.45) is 0.917. The predicted octanol–water partition coefficient (Wildman–Crippen LogP) is 5.67. The molecule has 1 atom stereocenters. The highest BCUT2D eigenvalue weighted by atomic mass is 16.5. The Bertz CT molecular complexity index is 1210. The maximum atomic E-state index is 13.3. The third kappa shape index (κ3) is 5.89. The quantitative estimate of drug-likeness (QED) is 0.353. The molecule has 0 aliphatic carbocycles. The van der Waals surface area contributed by atoms with E-state index < -0.39 is 6.04 Å². The Kier molecular flexibility index (Phi) is 7.06. The number of nitrogens with one attached hydrogen (secondary N) is 2. The molecular formula is C30H28N2O3. The van der Waals surface area contributed by atoms with Gasteiger partial charge in [-0.25, -0.2) is 0 Å². The van der Waals surface area contributed by atoms with Gasteiger partial charge in [-0.2, -0.15) is 0 Å². The fraction of sp³-hybridized carbons (Fsp3) is 0.167. The first-order valence-corrected chi connectivity index (χ1v) is 11.9. The molecule has 4 aromatic carbocycles. The van der Waals surface area contributed by atoms with Crippen molar-refractivity contribution in [1.82, 2.24) is 5.32 Å². The maximum absolute atomic E-state index is 13.3. The monoisotopic (exact) mass is 464 g/mol. The molecule has 4 aromatic rings. The Balaban J connectivity index is 1.35. The summed E-state index contributed by atoms with van der Waals surface area (Å²) in [5.74, 6) is 1.16. The summed E-state index contributed by atoms with van der Waals surface area (Å²) in [4.78, 5) is 13.3. The smallest absolute Gasteiger partial charge is 0.246 e. The van der Waals surface area contributed by atoms with E-state index in [4.69, 9.17) is 9.47 Å². The van der Waals surface area contributed by atoms with Crippen molar-refractivity contribution >= 4 is 11.6 Å². The zero-order valence-electron chi connectivity index (χ0n) is 19.4. The number of benzene rings is 4. The summed E-state index contributed by atoms with van der Waals surface area (Å²) in [5.41, 5.74) is 4.99. The van der Waals surface area contributed by atoms with Crippen LogP contribution in [-0.4, -0.2) is 12.5 Å². The Morgan fingerprint density at radius 1 is 0.771 bits per heavy atom. The molecule has 1 unspecified atom stereocenters. The van der Waals surface area contributed by atoms with Crippen molar-refractivity contribution in [3.05, 3.63) is 125 Å². The summed E-state index contributed by atoms with van der Waals surface area (Å²) < 4.78 is 12.1. The average Bonchev–Trinajstić information content (AvgIpc) is 2.91. The number of hydrogen-bond donors (Lipinski definition) is 2. The van der Waals surface area contributed by atoms with Gasteiger partial charge in [0, 0.05) is 30.4 Å². The zero-order chi connectivity index (χ0) is 23.9. The van der Waals surface area contributed by atoms with Gasteiger partial charge >= 0.3 is 0 Å². The Hall–Kier alpha value is -4.09. The number of carbonyl (C=O) groups excluding carboxylic acids is 1. The molecule has 1 aliphatic rings. The first-order valence-electron chi connectivity index (χ1n) is 11.9. The second-order valence-corrected chi connectivity index (χ2v) is 8.57. The molecule has 2 N–H and O–H groups in total. The van der Waals surface area contributed by atoms with E-state index in [-0.39, 0.29) is 5.91 Å². The molecule has 5 heteroatoms. The van der Waals surface area contributed by atoms with Gasteiger partial charge in [0.05, 0.1) is 0 Å². The molecule has 1 amide bonds. The molecular weight excluding hydrogens is 436 g/mol. The Morgan fingerprint density at radius 2 is 1.34 bits per heavy atom. The van der Waals surface area contributed by atoms with E-state index in [1.165, 1.54) is 5.56 Å². The van der Waals surface area contributed by atoms with Gasteiger partial charge in [0.2, 0.25) is 5.91 Å². The first kappa shape index (κ1) is 22.7. The van der Waals surface area contributed by atoms with Crippen molar-refractivity contribution in [2.24, 2.45) is 0 Å². The van der Waals surface area contributed by atoms with Gasteiger partial charge in [-0.3, -0.25) is 4.79 Å². The maximum Gasteiger partial charge on any atom is 0.246 e.